The summed E-state index contributed by atoms with van der Waals surface area (Å²) in [4.78, 5) is 22.8. The number of ether oxygens (including phenoxy) is 1. The maximum atomic E-state index is 11.9. The van der Waals surface area contributed by atoms with Gasteiger partial charge >= 0.3 is 6.09 Å². The quantitative estimate of drug-likeness (QED) is 0.793. The predicted octanol–water partition coefficient (Wildman–Crippen LogP) is 2.44. The smallest absolute Gasteiger partial charge is 0.409 e. The molecule has 0 fully saturated rings. The van der Waals surface area contributed by atoms with Crippen molar-refractivity contribution in [1.29, 1.82) is 0 Å². The Labute approximate surface area is 118 Å². The Balaban J connectivity index is 3.55. The van der Waals surface area contributed by atoms with Crippen LogP contribution in [-0.4, -0.2) is 31.3 Å². The lowest BCUT2D eigenvalue weighted by Gasteiger charge is -2.23. The number of methoxy groups -OCH3 is 1. The van der Waals surface area contributed by atoms with Crippen LogP contribution in [0.1, 0.15) is 36.7 Å². The lowest BCUT2D eigenvalue weighted by atomic mass is 9.85. The fourth-order valence-corrected chi connectivity index (χ4v) is 1.79. The van der Waals surface area contributed by atoms with Crippen molar-refractivity contribution in [2.45, 2.75) is 26.2 Å². The van der Waals surface area contributed by atoms with Crippen molar-refractivity contribution in [3.05, 3.63) is 23.3 Å². The molecule has 1 rings (SSSR count). The van der Waals surface area contributed by atoms with Gasteiger partial charge in [-0.1, -0.05) is 20.8 Å². The topological polar surface area (TPSA) is 87.7 Å². The molecule has 0 radical (unpaired) electrons. The Morgan fingerprint density at radius 3 is 2.25 bits per heavy atom. The molecule has 3 N–H and O–H groups in total. The van der Waals surface area contributed by atoms with Gasteiger partial charge in [0.1, 0.15) is 0 Å². The molecule has 110 valence electrons. The molecule has 0 bridgehead atoms. The van der Waals surface area contributed by atoms with E-state index in [0.717, 1.165) is 5.56 Å². The fourth-order valence-electron chi connectivity index (χ4n) is 1.79. The first-order valence-electron chi connectivity index (χ1n) is 6.15. The van der Waals surface area contributed by atoms with E-state index in [-0.39, 0.29) is 22.8 Å². The fraction of sp³-hybridized carbons (Fsp3) is 0.429. The van der Waals surface area contributed by atoms with Gasteiger partial charge in [-0.3, -0.25) is 10.1 Å². The maximum Gasteiger partial charge on any atom is 0.409 e. The van der Waals surface area contributed by atoms with Gasteiger partial charge in [0.2, 0.25) is 0 Å². The molecule has 0 aromatic heterocycles. The van der Waals surface area contributed by atoms with Crippen LogP contribution in [0.2, 0.25) is 0 Å². The number of nitrogens with one attached hydrogen (secondary N) is 2. The number of hydrogen-bond acceptors (Lipinski definition) is 3. The third-order valence-electron chi connectivity index (χ3n) is 2.87. The molecule has 2 amide bonds. The Morgan fingerprint density at radius 1 is 1.25 bits per heavy atom. The molecule has 1 aromatic rings. The van der Waals surface area contributed by atoms with E-state index in [1.54, 1.807) is 12.1 Å². The van der Waals surface area contributed by atoms with E-state index in [1.165, 1.54) is 14.2 Å². The second kappa shape index (κ2) is 5.81. The molecule has 20 heavy (non-hydrogen) atoms. The molecular weight excluding hydrogens is 260 g/mol. The first-order valence-corrected chi connectivity index (χ1v) is 6.15. The molecular formula is C14H20N2O4. The Morgan fingerprint density at radius 2 is 1.85 bits per heavy atom. The van der Waals surface area contributed by atoms with Crippen molar-refractivity contribution in [2.75, 3.05) is 19.5 Å². The van der Waals surface area contributed by atoms with E-state index in [2.05, 4.69) is 10.6 Å². The number of carbonyl (C=O) groups is 2. The highest BCUT2D eigenvalue weighted by molar-refractivity contribution is 6.00. The highest BCUT2D eigenvalue weighted by Crippen LogP contribution is 2.35. The van der Waals surface area contributed by atoms with Crippen LogP contribution in [0.15, 0.2) is 12.1 Å². The maximum absolute atomic E-state index is 11.9. The minimum Gasteiger partial charge on any atom is -0.494 e. The van der Waals surface area contributed by atoms with Gasteiger partial charge in [0, 0.05) is 7.05 Å². The predicted molar refractivity (Wildman–Crippen MR) is 76.7 cm³/mol. The number of anilines is 1. The van der Waals surface area contributed by atoms with Crippen molar-refractivity contribution in [1.82, 2.24) is 5.32 Å². The van der Waals surface area contributed by atoms with Crippen molar-refractivity contribution in [2.24, 2.45) is 0 Å². The Hall–Kier alpha value is -2.24. The summed E-state index contributed by atoms with van der Waals surface area (Å²) in [6, 6.07) is 3.39. The van der Waals surface area contributed by atoms with Crippen molar-refractivity contribution >= 4 is 17.7 Å². The first-order chi connectivity index (χ1) is 9.20. The normalized spacial score (nSPS) is 10.8. The van der Waals surface area contributed by atoms with Gasteiger partial charge in [0.15, 0.2) is 5.75 Å². The Kier molecular flexibility index (Phi) is 4.60. The zero-order valence-electron chi connectivity index (χ0n) is 12.3. The number of carboxylic acid groups (broad SMARTS) is 1. The lowest BCUT2D eigenvalue weighted by Crippen LogP contribution is -2.22. The molecule has 0 atom stereocenters. The summed E-state index contributed by atoms with van der Waals surface area (Å²) in [7, 11) is 2.90. The van der Waals surface area contributed by atoms with E-state index >= 15 is 0 Å². The van der Waals surface area contributed by atoms with Crippen molar-refractivity contribution in [3.8, 4) is 5.75 Å². The summed E-state index contributed by atoms with van der Waals surface area (Å²) in [5, 5.41) is 13.7. The number of rotatable bonds is 3. The summed E-state index contributed by atoms with van der Waals surface area (Å²) in [6.07, 6.45) is -1.21. The van der Waals surface area contributed by atoms with E-state index in [9.17, 15) is 9.59 Å². The van der Waals surface area contributed by atoms with Crippen LogP contribution in [0.5, 0.6) is 5.75 Å². The van der Waals surface area contributed by atoms with Gasteiger partial charge in [0.25, 0.3) is 5.91 Å². The summed E-state index contributed by atoms with van der Waals surface area (Å²) in [5.41, 5.74) is 1.15. The average molecular weight is 280 g/mol. The second-order valence-corrected chi connectivity index (χ2v) is 5.36. The molecule has 0 unspecified atom stereocenters. The minimum atomic E-state index is -1.21. The van der Waals surface area contributed by atoms with Gasteiger partial charge in [-0.15, -0.1) is 0 Å². The molecule has 0 saturated carbocycles. The molecule has 6 heteroatoms. The monoisotopic (exact) mass is 280 g/mol. The van der Waals surface area contributed by atoms with Gasteiger partial charge in [-0.05, 0) is 23.1 Å². The second-order valence-electron chi connectivity index (χ2n) is 5.36. The largest absolute Gasteiger partial charge is 0.494 e. The molecule has 0 heterocycles. The molecule has 0 aliphatic carbocycles. The third-order valence-corrected chi connectivity index (χ3v) is 2.87. The Bertz CT molecular complexity index is 533. The van der Waals surface area contributed by atoms with E-state index in [0.29, 0.717) is 5.56 Å². The molecule has 0 spiro atoms. The summed E-state index contributed by atoms with van der Waals surface area (Å²) < 4.78 is 5.18. The highest BCUT2D eigenvalue weighted by atomic mass is 16.5. The van der Waals surface area contributed by atoms with E-state index in [1.807, 2.05) is 20.8 Å². The summed E-state index contributed by atoms with van der Waals surface area (Å²) in [5.74, 6) is -0.124. The molecule has 0 aliphatic heterocycles. The van der Waals surface area contributed by atoms with Crippen LogP contribution >= 0.6 is 0 Å². The van der Waals surface area contributed by atoms with Crippen LogP contribution in [-0.2, 0) is 5.41 Å². The van der Waals surface area contributed by atoms with Gasteiger partial charge in [-0.2, -0.15) is 0 Å². The number of hydrogen-bond donors (Lipinski definition) is 3. The molecule has 0 aliphatic rings. The minimum absolute atomic E-state index is 0.208. The van der Waals surface area contributed by atoms with Crippen molar-refractivity contribution in [3.63, 3.8) is 0 Å². The standard InChI is InChI=1S/C14H20N2O4/c1-14(2,3)8-6-9(12(17)15-4)11(20-5)10(7-8)16-13(18)19/h6-7,16H,1-5H3,(H,15,17)(H,18,19). The third kappa shape index (κ3) is 3.40. The van der Waals surface area contributed by atoms with Crippen LogP contribution < -0.4 is 15.4 Å². The summed E-state index contributed by atoms with van der Waals surface area (Å²) >= 11 is 0. The number of benzene rings is 1. The van der Waals surface area contributed by atoms with E-state index < -0.39 is 6.09 Å². The number of carbonyl (C=O) groups excluding carboxylic acids is 1. The van der Waals surface area contributed by atoms with Gasteiger partial charge in [-0.25, -0.2) is 4.79 Å². The van der Waals surface area contributed by atoms with Crippen LogP contribution in [0, 0.1) is 0 Å². The van der Waals surface area contributed by atoms with Crippen LogP contribution in [0.4, 0.5) is 10.5 Å². The SMILES string of the molecule is CNC(=O)c1cc(C(C)(C)C)cc(NC(=O)O)c1OC. The van der Waals surface area contributed by atoms with Gasteiger partial charge in [0.05, 0.1) is 18.4 Å². The highest BCUT2D eigenvalue weighted by Gasteiger charge is 2.23. The van der Waals surface area contributed by atoms with Crippen molar-refractivity contribution < 1.29 is 19.4 Å². The average Bonchev–Trinajstić information content (AvgIpc) is 2.35. The molecule has 6 nitrogen and oxygen atoms in total. The first kappa shape index (κ1) is 15.8. The van der Waals surface area contributed by atoms with Gasteiger partial charge < -0.3 is 15.2 Å². The zero-order valence-corrected chi connectivity index (χ0v) is 12.3. The zero-order chi connectivity index (χ0) is 15.5. The lowest BCUT2D eigenvalue weighted by molar-refractivity contribution is 0.0960. The number of amides is 2. The van der Waals surface area contributed by atoms with Crippen LogP contribution in [0.3, 0.4) is 0 Å². The molecule has 0 saturated heterocycles. The van der Waals surface area contributed by atoms with E-state index in [4.69, 9.17) is 9.84 Å². The van der Waals surface area contributed by atoms with Crippen LogP contribution in [0.25, 0.3) is 0 Å². The summed E-state index contributed by atoms with van der Waals surface area (Å²) in [6.45, 7) is 5.94. The molecule has 1 aromatic carbocycles.